The normalized spacial score (nSPS) is 27.1. The Kier molecular flexibility index (Phi) is 7.36. The van der Waals surface area contributed by atoms with Crippen molar-refractivity contribution in [3.8, 4) is 5.75 Å². The topological polar surface area (TPSA) is 87.0 Å². The number of benzene rings is 1. The maximum absolute atomic E-state index is 10.8. The molecule has 0 aliphatic heterocycles. The van der Waals surface area contributed by atoms with E-state index in [0.29, 0.717) is 17.6 Å². The predicted octanol–water partition coefficient (Wildman–Crippen LogP) is 3.58. The highest BCUT2D eigenvalue weighted by Gasteiger charge is 2.44. The fraction of sp³-hybridized carbons (Fsp3) is 0.696. The fourth-order valence-corrected chi connectivity index (χ4v) is 5.24. The van der Waals surface area contributed by atoms with Gasteiger partial charge in [-0.15, -0.1) is 0 Å². The minimum atomic E-state index is -0.972. The Bertz CT molecular complexity index is 658. The molecule has 0 aromatic heterocycles. The first-order valence-corrected chi connectivity index (χ1v) is 10.8. The van der Waals surface area contributed by atoms with Crippen molar-refractivity contribution in [2.75, 3.05) is 6.61 Å². The van der Waals surface area contributed by atoms with Gasteiger partial charge in [-0.2, -0.15) is 0 Å². The van der Waals surface area contributed by atoms with Crippen molar-refractivity contribution in [3.63, 3.8) is 0 Å². The Morgan fingerprint density at radius 3 is 2.82 bits per heavy atom. The quantitative estimate of drug-likeness (QED) is 0.532. The van der Waals surface area contributed by atoms with Gasteiger partial charge in [-0.05, 0) is 73.5 Å². The molecule has 1 aromatic rings. The molecule has 28 heavy (non-hydrogen) atoms. The van der Waals surface area contributed by atoms with Crippen LogP contribution in [-0.4, -0.2) is 40.1 Å². The Morgan fingerprint density at radius 2 is 2.07 bits per heavy atom. The summed E-state index contributed by atoms with van der Waals surface area (Å²) in [5.74, 6) is 0.768. The summed E-state index contributed by atoms with van der Waals surface area (Å²) < 4.78 is 5.50. The molecule has 2 aliphatic carbocycles. The number of aliphatic carboxylic acids is 1. The molecule has 1 fully saturated rings. The van der Waals surface area contributed by atoms with E-state index < -0.39 is 5.97 Å². The zero-order chi connectivity index (χ0) is 20.1. The summed E-state index contributed by atoms with van der Waals surface area (Å²) in [4.78, 5) is 10.8. The lowest BCUT2D eigenvalue weighted by Crippen LogP contribution is -2.28. The number of fused-ring (bicyclic) bond motifs is 2. The minimum Gasteiger partial charge on any atom is -0.482 e. The summed E-state index contributed by atoms with van der Waals surface area (Å²) in [6.07, 6.45) is 7.85. The van der Waals surface area contributed by atoms with Crippen molar-refractivity contribution < 1.29 is 24.9 Å². The molecule has 5 nitrogen and oxygen atoms in total. The largest absolute Gasteiger partial charge is 0.482 e. The Labute approximate surface area is 167 Å². The van der Waals surface area contributed by atoms with Crippen LogP contribution < -0.4 is 4.74 Å². The zero-order valence-corrected chi connectivity index (χ0v) is 16.8. The van der Waals surface area contributed by atoms with Crippen molar-refractivity contribution in [1.82, 2.24) is 0 Å². The number of rotatable bonds is 10. The van der Waals surface area contributed by atoms with Crippen molar-refractivity contribution in [3.05, 3.63) is 29.3 Å². The van der Waals surface area contributed by atoms with Crippen molar-refractivity contribution in [2.24, 2.45) is 17.8 Å². The van der Waals surface area contributed by atoms with Crippen LogP contribution in [0.1, 0.15) is 63.0 Å². The van der Waals surface area contributed by atoms with E-state index in [-0.39, 0.29) is 24.7 Å². The van der Waals surface area contributed by atoms with Gasteiger partial charge in [0, 0.05) is 0 Å². The van der Waals surface area contributed by atoms with E-state index >= 15 is 0 Å². The average Bonchev–Trinajstić information content (AvgIpc) is 2.97. The lowest BCUT2D eigenvalue weighted by Gasteiger charge is -2.32. The molecule has 2 aliphatic rings. The lowest BCUT2D eigenvalue weighted by molar-refractivity contribution is -0.139. The molecule has 0 spiro atoms. The van der Waals surface area contributed by atoms with Crippen LogP contribution in [0.15, 0.2) is 18.2 Å². The molecular weight excluding hydrogens is 356 g/mol. The third-order valence-electron chi connectivity index (χ3n) is 6.67. The first-order chi connectivity index (χ1) is 13.5. The van der Waals surface area contributed by atoms with Gasteiger partial charge in [-0.3, -0.25) is 0 Å². The molecule has 156 valence electrons. The lowest BCUT2D eigenvalue weighted by atomic mass is 9.73. The molecule has 3 rings (SSSR count). The molecule has 0 radical (unpaired) electrons. The van der Waals surface area contributed by atoms with Gasteiger partial charge >= 0.3 is 5.97 Å². The summed E-state index contributed by atoms with van der Waals surface area (Å²) in [6, 6.07) is 5.87. The third-order valence-corrected chi connectivity index (χ3v) is 6.67. The SMILES string of the molecule is CCCCC[C@H](O)CCC1[C@H](O)C[C@@H]2Cc3c(cccc3OCC(=O)O)C[C@H]12. The van der Waals surface area contributed by atoms with Crippen LogP contribution in [0.3, 0.4) is 0 Å². The molecule has 5 heteroatoms. The Morgan fingerprint density at radius 1 is 1.25 bits per heavy atom. The molecule has 5 atom stereocenters. The number of ether oxygens (including phenoxy) is 1. The summed E-state index contributed by atoms with van der Waals surface area (Å²) in [7, 11) is 0. The first-order valence-electron chi connectivity index (χ1n) is 10.8. The van der Waals surface area contributed by atoms with E-state index in [4.69, 9.17) is 9.84 Å². The van der Waals surface area contributed by atoms with Crippen LogP contribution in [0.4, 0.5) is 0 Å². The van der Waals surface area contributed by atoms with Gasteiger partial charge in [0.1, 0.15) is 5.75 Å². The van der Waals surface area contributed by atoms with Crippen molar-refractivity contribution in [2.45, 2.75) is 76.9 Å². The highest BCUT2D eigenvalue weighted by molar-refractivity contribution is 5.68. The highest BCUT2D eigenvalue weighted by atomic mass is 16.5. The second-order valence-corrected chi connectivity index (χ2v) is 8.60. The number of carboxylic acid groups (broad SMARTS) is 1. The molecule has 1 unspecified atom stereocenters. The first kappa shape index (κ1) is 21.1. The van der Waals surface area contributed by atoms with E-state index in [1.54, 1.807) is 0 Å². The van der Waals surface area contributed by atoms with Crippen LogP contribution in [0, 0.1) is 17.8 Å². The smallest absolute Gasteiger partial charge is 0.341 e. The number of aliphatic hydroxyl groups excluding tert-OH is 2. The molecule has 0 bridgehead atoms. The number of carbonyl (C=O) groups is 1. The summed E-state index contributed by atoms with van der Waals surface area (Å²) in [5, 5.41) is 29.8. The second-order valence-electron chi connectivity index (χ2n) is 8.60. The molecule has 1 aromatic carbocycles. The zero-order valence-electron chi connectivity index (χ0n) is 16.8. The monoisotopic (exact) mass is 390 g/mol. The second kappa shape index (κ2) is 9.75. The van der Waals surface area contributed by atoms with Crippen LogP contribution >= 0.6 is 0 Å². The van der Waals surface area contributed by atoms with E-state index in [2.05, 4.69) is 13.0 Å². The van der Waals surface area contributed by atoms with E-state index in [9.17, 15) is 15.0 Å². The third kappa shape index (κ3) is 5.06. The number of carboxylic acids is 1. The average molecular weight is 391 g/mol. The van der Waals surface area contributed by atoms with Gasteiger partial charge in [0.15, 0.2) is 6.61 Å². The number of hydrogen-bond donors (Lipinski definition) is 3. The maximum Gasteiger partial charge on any atom is 0.341 e. The molecular formula is C23H34O5. The van der Waals surface area contributed by atoms with Crippen LogP contribution in [0.25, 0.3) is 0 Å². The van der Waals surface area contributed by atoms with E-state index in [0.717, 1.165) is 63.4 Å². The fourth-order valence-electron chi connectivity index (χ4n) is 5.24. The molecule has 3 N–H and O–H groups in total. The van der Waals surface area contributed by atoms with Gasteiger partial charge in [0.05, 0.1) is 12.2 Å². The van der Waals surface area contributed by atoms with Gasteiger partial charge in [0.25, 0.3) is 0 Å². The number of unbranched alkanes of at least 4 members (excludes halogenated alkanes) is 2. The molecule has 0 amide bonds. The Hall–Kier alpha value is -1.59. The van der Waals surface area contributed by atoms with Gasteiger partial charge in [0.2, 0.25) is 0 Å². The predicted molar refractivity (Wildman–Crippen MR) is 107 cm³/mol. The standard InChI is InChI=1S/C23H34O5/c1-2-3-4-7-17(24)9-10-18-19-11-15-6-5-8-22(28-14-23(26)27)20(15)12-16(19)13-21(18)25/h5-6,8,16-19,21,24-25H,2-4,7,9-14H2,1H3,(H,26,27)/t16-,17-,18?,19-,21+/m0/s1. The number of hydrogen-bond acceptors (Lipinski definition) is 4. The van der Waals surface area contributed by atoms with Crippen molar-refractivity contribution >= 4 is 5.97 Å². The molecule has 1 saturated carbocycles. The van der Waals surface area contributed by atoms with Crippen LogP contribution in [-0.2, 0) is 17.6 Å². The highest BCUT2D eigenvalue weighted by Crippen LogP contribution is 2.48. The van der Waals surface area contributed by atoms with E-state index in [1.807, 2.05) is 12.1 Å². The van der Waals surface area contributed by atoms with Gasteiger partial charge in [-0.1, -0.05) is 38.3 Å². The molecule has 0 heterocycles. The minimum absolute atomic E-state index is 0.238. The maximum atomic E-state index is 10.8. The summed E-state index contributed by atoms with van der Waals surface area (Å²) in [6.45, 7) is 1.84. The summed E-state index contributed by atoms with van der Waals surface area (Å²) in [5.41, 5.74) is 2.32. The van der Waals surface area contributed by atoms with Gasteiger partial charge < -0.3 is 20.1 Å². The summed E-state index contributed by atoms with van der Waals surface area (Å²) >= 11 is 0. The van der Waals surface area contributed by atoms with Crippen LogP contribution in [0.5, 0.6) is 5.75 Å². The van der Waals surface area contributed by atoms with Gasteiger partial charge in [-0.25, -0.2) is 4.79 Å². The number of aliphatic hydroxyl groups is 2. The Balaban J connectivity index is 1.62. The van der Waals surface area contributed by atoms with Crippen LogP contribution in [0.2, 0.25) is 0 Å². The molecule has 0 saturated heterocycles. The van der Waals surface area contributed by atoms with Crippen molar-refractivity contribution in [1.29, 1.82) is 0 Å². The van der Waals surface area contributed by atoms with E-state index in [1.165, 1.54) is 5.56 Å².